The van der Waals surface area contributed by atoms with Gasteiger partial charge in [-0.3, -0.25) is 14.1 Å². The zero-order valence-electron chi connectivity index (χ0n) is 22.1. The van der Waals surface area contributed by atoms with E-state index < -0.39 is 0 Å². The largest absolute Gasteiger partial charge is 0.328 e. The maximum Gasteiger partial charge on any atom is 0.328 e. The number of nitrogens with one attached hydrogen (secondary N) is 1. The van der Waals surface area contributed by atoms with Crippen LogP contribution in [0.2, 0.25) is 0 Å². The minimum atomic E-state index is 0.121. The molecule has 3 aromatic heterocycles. The Bertz CT molecular complexity index is 1350. The summed E-state index contributed by atoms with van der Waals surface area (Å²) < 4.78 is 4.05. The van der Waals surface area contributed by atoms with Crippen molar-refractivity contribution in [1.29, 1.82) is 0 Å². The first-order valence-electron chi connectivity index (χ1n) is 13.7. The fourth-order valence-corrected chi connectivity index (χ4v) is 5.82. The third-order valence-electron chi connectivity index (χ3n) is 7.84. The van der Waals surface area contributed by atoms with Crippen LogP contribution in [-0.4, -0.2) is 34.7 Å². The first-order chi connectivity index (χ1) is 18.1. The Morgan fingerprint density at radius 1 is 1.08 bits per heavy atom. The SMILES string of the molecule is CCCCc1cn(C2CCCCC2C(C)C)c(=O)n1Cc1ccc(-c2ccccc2-c2nnn[nH]2)nc1. The minimum Gasteiger partial charge on any atom is -0.296 e. The minimum absolute atomic E-state index is 0.121. The van der Waals surface area contributed by atoms with Crippen LogP contribution >= 0.6 is 0 Å². The molecule has 8 heteroatoms. The fourth-order valence-electron chi connectivity index (χ4n) is 5.82. The number of rotatable bonds is 9. The topological polar surface area (TPSA) is 94.3 Å². The van der Waals surface area contributed by atoms with Crippen molar-refractivity contribution in [2.45, 2.75) is 78.3 Å². The van der Waals surface area contributed by atoms with Crippen LogP contribution in [0.1, 0.15) is 76.6 Å². The van der Waals surface area contributed by atoms with Crippen molar-refractivity contribution in [3.63, 3.8) is 0 Å². The molecular weight excluding hydrogens is 462 g/mol. The van der Waals surface area contributed by atoms with Gasteiger partial charge in [0, 0.05) is 35.3 Å². The first kappa shape index (κ1) is 25.1. The smallest absolute Gasteiger partial charge is 0.296 e. The molecule has 2 atom stereocenters. The van der Waals surface area contributed by atoms with Gasteiger partial charge in [-0.2, -0.15) is 0 Å². The van der Waals surface area contributed by atoms with Gasteiger partial charge in [0.15, 0.2) is 5.82 Å². The highest BCUT2D eigenvalue weighted by atomic mass is 16.1. The summed E-state index contributed by atoms with van der Waals surface area (Å²) in [5.74, 6) is 1.74. The molecule has 0 radical (unpaired) electrons. The third kappa shape index (κ3) is 5.29. The van der Waals surface area contributed by atoms with E-state index in [0.29, 0.717) is 30.2 Å². The van der Waals surface area contributed by atoms with Gasteiger partial charge in [0.05, 0.1) is 12.2 Å². The number of H-pyrrole nitrogens is 1. The van der Waals surface area contributed by atoms with E-state index in [1.54, 1.807) is 0 Å². The van der Waals surface area contributed by atoms with Crippen molar-refractivity contribution in [2.24, 2.45) is 11.8 Å². The summed E-state index contributed by atoms with van der Waals surface area (Å²) in [4.78, 5) is 18.5. The number of aromatic nitrogens is 7. The second-order valence-corrected chi connectivity index (χ2v) is 10.6. The molecular formula is C29H37N7O. The Morgan fingerprint density at radius 3 is 2.59 bits per heavy atom. The maximum absolute atomic E-state index is 13.8. The van der Waals surface area contributed by atoms with E-state index in [1.165, 1.54) is 19.3 Å². The molecule has 1 aromatic carbocycles. The molecule has 8 nitrogen and oxygen atoms in total. The van der Waals surface area contributed by atoms with Gasteiger partial charge in [-0.05, 0) is 59.6 Å². The Kier molecular flexibility index (Phi) is 7.63. The second-order valence-electron chi connectivity index (χ2n) is 10.6. The quantitative estimate of drug-likeness (QED) is 0.320. The standard InChI is InChI=1S/C29H37N7O/c1-4-5-10-22-19-36(27-14-9-8-11-23(27)20(2)3)29(37)35(22)18-21-15-16-26(30-17-21)24-12-6-7-13-25(24)28-31-33-34-32-28/h6-7,12-13,15-17,19-20,23,27H,4-5,8-11,14,18H2,1-3H3,(H,31,32,33,34). The van der Waals surface area contributed by atoms with Gasteiger partial charge in [0.2, 0.25) is 0 Å². The molecule has 1 aliphatic rings. The number of benzene rings is 1. The molecule has 1 fully saturated rings. The van der Waals surface area contributed by atoms with E-state index >= 15 is 0 Å². The predicted molar refractivity (Wildman–Crippen MR) is 145 cm³/mol. The number of nitrogens with zero attached hydrogens (tertiary/aromatic N) is 6. The number of hydrogen-bond donors (Lipinski definition) is 1. The van der Waals surface area contributed by atoms with Gasteiger partial charge in [0.1, 0.15) is 0 Å². The lowest BCUT2D eigenvalue weighted by molar-refractivity contribution is 0.180. The van der Waals surface area contributed by atoms with E-state index in [-0.39, 0.29) is 5.69 Å². The summed E-state index contributed by atoms with van der Waals surface area (Å²) in [7, 11) is 0. The predicted octanol–water partition coefficient (Wildman–Crippen LogP) is 5.67. The van der Waals surface area contributed by atoms with Crippen molar-refractivity contribution in [2.75, 3.05) is 0 Å². The molecule has 1 saturated carbocycles. The van der Waals surface area contributed by atoms with Crippen LogP contribution in [0.15, 0.2) is 53.6 Å². The Hall–Kier alpha value is -3.55. The zero-order valence-corrected chi connectivity index (χ0v) is 22.1. The van der Waals surface area contributed by atoms with Crippen LogP contribution in [0.5, 0.6) is 0 Å². The summed E-state index contributed by atoms with van der Waals surface area (Å²) >= 11 is 0. The van der Waals surface area contributed by atoms with Gasteiger partial charge < -0.3 is 0 Å². The highest BCUT2D eigenvalue weighted by molar-refractivity contribution is 5.78. The Balaban J connectivity index is 1.44. The van der Waals surface area contributed by atoms with E-state index in [4.69, 9.17) is 4.98 Å². The van der Waals surface area contributed by atoms with Crippen LogP contribution < -0.4 is 5.69 Å². The molecule has 5 rings (SSSR count). The van der Waals surface area contributed by atoms with Gasteiger partial charge >= 0.3 is 5.69 Å². The average Bonchev–Trinajstić information content (AvgIpc) is 3.57. The number of aryl methyl sites for hydroxylation is 1. The van der Waals surface area contributed by atoms with E-state index in [0.717, 1.165) is 53.8 Å². The zero-order chi connectivity index (χ0) is 25.8. The van der Waals surface area contributed by atoms with Gasteiger partial charge in [-0.1, -0.05) is 70.4 Å². The molecule has 37 heavy (non-hydrogen) atoms. The lowest BCUT2D eigenvalue weighted by Gasteiger charge is -2.34. The second kappa shape index (κ2) is 11.2. The third-order valence-corrected chi connectivity index (χ3v) is 7.84. The number of tetrazole rings is 1. The average molecular weight is 500 g/mol. The van der Waals surface area contributed by atoms with Crippen molar-refractivity contribution >= 4 is 0 Å². The number of aromatic amines is 1. The Labute approximate surface area is 218 Å². The number of unbranched alkanes of at least 4 members (excludes halogenated alkanes) is 1. The maximum atomic E-state index is 13.8. The summed E-state index contributed by atoms with van der Waals surface area (Å²) in [6.45, 7) is 7.33. The van der Waals surface area contributed by atoms with Crippen LogP contribution in [0.25, 0.3) is 22.6 Å². The lowest BCUT2D eigenvalue weighted by atomic mass is 9.78. The highest BCUT2D eigenvalue weighted by Gasteiger charge is 2.31. The molecule has 0 saturated heterocycles. The molecule has 2 unspecified atom stereocenters. The first-order valence-corrected chi connectivity index (χ1v) is 13.7. The number of pyridine rings is 1. The summed E-state index contributed by atoms with van der Waals surface area (Å²) in [5, 5.41) is 14.3. The molecule has 1 aliphatic carbocycles. The molecule has 3 heterocycles. The van der Waals surface area contributed by atoms with Crippen molar-refractivity contribution in [1.82, 2.24) is 34.7 Å². The van der Waals surface area contributed by atoms with Gasteiger partial charge in [-0.15, -0.1) is 5.10 Å². The molecule has 0 amide bonds. The van der Waals surface area contributed by atoms with Crippen LogP contribution in [0.3, 0.4) is 0 Å². The van der Waals surface area contributed by atoms with Crippen molar-refractivity contribution < 1.29 is 0 Å². The molecule has 4 aromatic rings. The monoisotopic (exact) mass is 499 g/mol. The fraction of sp³-hybridized carbons (Fsp3) is 0.483. The van der Waals surface area contributed by atoms with Crippen LogP contribution in [0, 0.1) is 11.8 Å². The van der Waals surface area contributed by atoms with Gasteiger partial charge in [0.25, 0.3) is 0 Å². The Morgan fingerprint density at radius 2 is 1.89 bits per heavy atom. The van der Waals surface area contributed by atoms with Crippen LogP contribution in [0.4, 0.5) is 0 Å². The molecule has 194 valence electrons. The van der Waals surface area contributed by atoms with E-state index in [2.05, 4.69) is 58.2 Å². The summed E-state index contributed by atoms with van der Waals surface area (Å²) in [5.41, 5.74) is 4.97. The normalized spacial score (nSPS) is 17.9. The van der Waals surface area contributed by atoms with Crippen molar-refractivity contribution in [3.05, 3.63) is 70.5 Å². The van der Waals surface area contributed by atoms with Crippen molar-refractivity contribution in [3.8, 4) is 22.6 Å². The molecule has 0 bridgehead atoms. The molecule has 0 spiro atoms. The van der Waals surface area contributed by atoms with Gasteiger partial charge in [-0.25, -0.2) is 9.89 Å². The summed E-state index contributed by atoms with van der Waals surface area (Å²) in [6, 6.07) is 12.3. The lowest BCUT2D eigenvalue weighted by Crippen LogP contribution is -2.34. The number of imidazole rings is 1. The van der Waals surface area contributed by atoms with E-state index in [1.807, 2.05) is 41.1 Å². The van der Waals surface area contributed by atoms with Crippen LogP contribution in [-0.2, 0) is 13.0 Å². The molecule has 1 N–H and O–H groups in total. The number of hydrogen-bond acceptors (Lipinski definition) is 5. The molecule has 0 aliphatic heterocycles. The summed E-state index contributed by atoms with van der Waals surface area (Å²) in [6.07, 6.45) is 11.9. The highest BCUT2D eigenvalue weighted by Crippen LogP contribution is 2.38. The van der Waals surface area contributed by atoms with E-state index in [9.17, 15) is 4.79 Å².